The lowest BCUT2D eigenvalue weighted by Crippen LogP contribution is -1.80. The van der Waals surface area contributed by atoms with Crippen molar-refractivity contribution in [2.45, 2.75) is 27.7 Å². The number of hydrogen-bond donors (Lipinski definition) is 0. The van der Waals surface area contributed by atoms with Crippen LogP contribution in [0.4, 0.5) is 0 Å². The highest BCUT2D eigenvalue weighted by Crippen LogP contribution is 2.29. The highest BCUT2D eigenvalue weighted by molar-refractivity contribution is 8.07. The van der Waals surface area contributed by atoms with E-state index in [9.17, 15) is 0 Å². The minimum Gasteiger partial charge on any atom is -0.0911 e. The molecule has 0 aliphatic heterocycles. The fourth-order valence-electron chi connectivity index (χ4n) is 0.906. The molecule has 0 aromatic rings. The van der Waals surface area contributed by atoms with Crippen LogP contribution in [0.3, 0.4) is 0 Å². The summed E-state index contributed by atoms with van der Waals surface area (Å²) in [6, 6.07) is 0. The Kier molecular flexibility index (Phi) is 7.74. The van der Waals surface area contributed by atoms with E-state index < -0.39 is 0 Å². The van der Waals surface area contributed by atoms with E-state index in [4.69, 9.17) is 0 Å². The predicted molar refractivity (Wildman–Crippen MR) is 78.4 cm³/mol. The largest absolute Gasteiger partial charge is 0.0911 e. The molecule has 0 bridgehead atoms. The van der Waals surface area contributed by atoms with Crippen molar-refractivity contribution in [2.75, 3.05) is 0 Å². The number of thioether (sulfide) groups is 1. The molecule has 0 nitrogen and oxygen atoms in total. The lowest BCUT2D eigenvalue weighted by atomic mass is 10.2. The van der Waals surface area contributed by atoms with Crippen LogP contribution in [0, 0.1) is 5.92 Å². The van der Waals surface area contributed by atoms with Gasteiger partial charge in [0.15, 0.2) is 0 Å². The molecule has 0 N–H and O–H groups in total. The summed E-state index contributed by atoms with van der Waals surface area (Å²) in [4.78, 5) is 2.09. The Morgan fingerprint density at radius 1 is 1.25 bits per heavy atom. The Morgan fingerprint density at radius 3 is 2.38 bits per heavy atom. The van der Waals surface area contributed by atoms with Crippen molar-refractivity contribution in [3.63, 3.8) is 0 Å². The van der Waals surface area contributed by atoms with Crippen molar-refractivity contribution in [2.24, 2.45) is 5.92 Å². The molecule has 0 aromatic carbocycles. The summed E-state index contributed by atoms with van der Waals surface area (Å²) < 4.78 is 0. The van der Waals surface area contributed by atoms with E-state index in [1.165, 1.54) is 5.57 Å². The van der Waals surface area contributed by atoms with Crippen LogP contribution in [-0.4, -0.2) is 0 Å². The molecule has 0 aromatic heterocycles. The normalized spacial score (nSPS) is 12.9. The highest BCUT2D eigenvalue weighted by Gasteiger charge is 1.98. The van der Waals surface area contributed by atoms with E-state index in [0.29, 0.717) is 5.92 Å². The zero-order chi connectivity index (χ0) is 12.6. The van der Waals surface area contributed by atoms with Crippen molar-refractivity contribution in [3.8, 4) is 0 Å². The monoisotopic (exact) mass is 234 g/mol. The fraction of sp³-hybridized carbons (Fsp3) is 0.333. The van der Waals surface area contributed by atoms with Gasteiger partial charge in [-0.1, -0.05) is 69.1 Å². The van der Waals surface area contributed by atoms with E-state index in [-0.39, 0.29) is 0 Å². The summed E-state index contributed by atoms with van der Waals surface area (Å²) in [7, 11) is 0. The summed E-state index contributed by atoms with van der Waals surface area (Å²) in [5.41, 5.74) is 1.18. The summed E-state index contributed by atoms with van der Waals surface area (Å²) in [6.07, 6.45) is 10.3. The second-order valence-corrected chi connectivity index (χ2v) is 5.19. The lowest BCUT2D eigenvalue weighted by Gasteiger charge is -2.05. The zero-order valence-electron chi connectivity index (χ0n) is 10.8. The Morgan fingerprint density at radius 2 is 1.88 bits per heavy atom. The van der Waals surface area contributed by atoms with Crippen molar-refractivity contribution in [3.05, 3.63) is 58.9 Å². The van der Waals surface area contributed by atoms with Crippen LogP contribution in [0.5, 0.6) is 0 Å². The maximum atomic E-state index is 4.04. The van der Waals surface area contributed by atoms with Gasteiger partial charge in [-0.3, -0.25) is 0 Å². The van der Waals surface area contributed by atoms with E-state index in [0.717, 1.165) is 9.81 Å². The Bertz CT molecular complexity index is 327. The molecular weight excluding hydrogens is 212 g/mol. The van der Waals surface area contributed by atoms with Gasteiger partial charge in [-0.2, -0.15) is 0 Å². The van der Waals surface area contributed by atoms with E-state index in [1.807, 2.05) is 19.1 Å². The molecule has 0 fully saturated rings. The summed E-state index contributed by atoms with van der Waals surface area (Å²) in [5, 5.41) is 0. The third kappa shape index (κ3) is 7.36. The highest BCUT2D eigenvalue weighted by atomic mass is 32.2. The molecule has 0 saturated heterocycles. The SMILES string of the molecule is C=C(/C=C\C(C)C)SC(=C)/C(C)=C/C=C\C. The van der Waals surface area contributed by atoms with Gasteiger partial charge < -0.3 is 0 Å². The first-order chi connectivity index (χ1) is 7.47. The molecule has 0 spiro atoms. The minimum atomic E-state index is 0.560. The Labute approximate surface area is 105 Å². The topological polar surface area (TPSA) is 0 Å². The van der Waals surface area contributed by atoms with Crippen LogP contribution in [0.1, 0.15) is 27.7 Å². The fourth-order valence-corrected chi connectivity index (χ4v) is 1.60. The number of hydrogen-bond acceptors (Lipinski definition) is 1. The first kappa shape index (κ1) is 15.0. The van der Waals surface area contributed by atoms with E-state index >= 15 is 0 Å². The maximum Gasteiger partial charge on any atom is 0.00790 e. The van der Waals surface area contributed by atoms with Gasteiger partial charge in [0.1, 0.15) is 0 Å². The first-order valence-electron chi connectivity index (χ1n) is 5.51. The second kappa shape index (κ2) is 8.23. The molecule has 16 heavy (non-hydrogen) atoms. The van der Waals surface area contributed by atoms with E-state index in [2.05, 4.69) is 52.2 Å². The van der Waals surface area contributed by atoms with E-state index in [1.54, 1.807) is 11.8 Å². The van der Waals surface area contributed by atoms with Crippen LogP contribution < -0.4 is 0 Å². The maximum absolute atomic E-state index is 4.04. The van der Waals surface area contributed by atoms with Crippen LogP contribution in [0.25, 0.3) is 0 Å². The van der Waals surface area contributed by atoms with Gasteiger partial charge in [-0.15, -0.1) is 0 Å². The van der Waals surface area contributed by atoms with Crippen LogP contribution in [-0.2, 0) is 0 Å². The first-order valence-corrected chi connectivity index (χ1v) is 6.32. The predicted octanol–water partition coefficient (Wildman–Crippen LogP) is 5.48. The standard InChI is InChI=1S/C15H22S/c1-7-8-9-13(4)15(6)16-14(5)11-10-12(2)3/h7-12H,5-6H2,1-4H3/b8-7-,11-10-,13-9+. The lowest BCUT2D eigenvalue weighted by molar-refractivity contribution is 0.832. The Balaban J connectivity index is 4.30. The number of allylic oxidation sites excluding steroid dienone is 6. The molecule has 0 unspecified atom stereocenters. The smallest absolute Gasteiger partial charge is 0.00790 e. The molecule has 0 atom stereocenters. The molecule has 0 radical (unpaired) electrons. The molecule has 0 aliphatic rings. The van der Waals surface area contributed by atoms with Crippen LogP contribution in [0.2, 0.25) is 0 Å². The molecule has 1 heteroatoms. The van der Waals surface area contributed by atoms with Crippen molar-refractivity contribution in [1.29, 1.82) is 0 Å². The molecule has 88 valence electrons. The van der Waals surface area contributed by atoms with Crippen molar-refractivity contribution < 1.29 is 0 Å². The van der Waals surface area contributed by atoms with Gasteiger partial charge in [0.05, 0.1) is 0 Å². The van der Waals surface area contributed by atoms with Crippen LogP contribution in [0.15, 0.2) is 58.9 Å². The molecule has 0 aliphatic carbocycles. The quantitative estimate of drug-likeness (QED) is 0.548. The average Bonchev–Trinajstić information content (AvgIpc) is 2.22. The van der Waals surface area contributed by atoms with Crippen LogP contribution >= 0.6 is 11.8 Å². The van der Waals surface area contributed by atoms with Gasteiger partial charge in [0.2, 0.25) is 0 Å². The van der Waals surface area contributed by atoms with Gasteiger partial charge >= 0.3 is 0 Å². The molecule has 0 saturated carbocycles. The number of rotatable bonds is 6. The molecular formula is C15H22S. The van der Waals surface area contributed by atoms with Crippen molar-refractivity contribution >= 4 is 11.8 Å². The molecule has 0 rings (SSSR count). The van der Waals surface area contributed by atoms with Gasteiger partial charge in [0, 0.05) is 9.81 Å². The second-order valence-electron chi connectivity index (χ2n) is 3.97. The van der Waals surface area contributed by atoms with Gasteiger partial charge in [-0.25, -0.2) is 0 Å². The molecule has 0 heterocycles. The average molecular weight is 234 g/mol. The Hall–Kier alpha value is -0.950. The summed E-state index contributed by atoms with van der Waals surface area (Å²) in [5.74, 6) is 0.560. The van der Waals surface area contributed by atoms with Gasteiger partial charge in [-0.05, 0) is 25.3 Å². The minimum absolute atomic E-state index is 0.560. The summed E-state index contributed by atoms with van der Waals surface area (Å²) >= 11 is 1.62. The summed E-state index contributed by atoms with van der Waals surface area (Å²) in [6.45, 7) is 16.4. The third-order valence-electron chi connectivity index (χ3n) is 1.90. The zero-order valence-corrected chi connectivity index (χ0v) is 11.6. The molecule has 0 amide bonds. The van der Waals surface area contributed by atoms with Gasteiger partial charge in [0.25, 0.3) is 0 Å². The van der Waals surface area contributed by atoms with Crippen molar-refractivity contribution in [1.82, 2.24) is 0 Å². The third-order valence-corrected chi connectivity index (χ3v) is 2.87.